The monoisotopic (exact) mass is 414 g/mol. The molecule has 0 spiro atoms. The van der Waals surface area contributed by atoms with Gasteiger partial charge >= 0.3 is 0 Å². The number of rotatable bonds is 8. The molecular weight excluding hydrogens is 384 g/mol. The van der Waals surface area contributed by atoms with Gasteiger partial charge in [-0.05, 0) is 66.3 Å². The van der Waals surface area contributed by atoms with E-state index in [1.165, 1.54) is 27.6 Å². The molecule has 4 N–H and O–H groups in total. The van der Waals surface area contributed by atoms with Gasteiger partial charge in [-0.1, -0.05) is 32.0 Å². The molecule has 0 saturated heterocycles. The Balaban J connectivity index is 1.40. The molecule has 0 saturated carbocycles. The van der Waals surface area contributed by atoms with Crippen LogP contribution in [0, 0.1) is 6.92 Å². The minimum Gasteiger partial charge on any atom is -0.390 e. The normalized spacial score (nSPS) is 11.3. The Morgan fingerprint density at radius 1 is 1.06 bits per heavy atom. The molecule has 0 unspecified atom stereocenters. The van der Waals surface area contributed by atoms with Gasteiger partial charge in [0.15, 0.2) is 0 Å². The van der Waals surface area contributed by atoms with E-state index in [1.54, 1.807) is 6.20 Å². The topological polar surface area (TPSA) is 73.0 Å². The number of nitrogens with zero attached hydrogens (tertiary/aromatic N) is 1. The molecule has 4 aromatic rings. The summed E-state index contributed by atoms with van der Waals surface area (Å²) >= 11 is 0. The molecule has 5 nitrogen and oxygen atoms in total. The number of nitrogens with one attached hydrogen (secondary N) is 3. The fraction of sp³-hybridized carbons (Fsp3) is 0.269. The molecule has 0 atom stereocenters. The summed E-state index contributed by atoms with van der Waals surface area (Å²) in [7, 11) is 0. The van der Waals surface area contributed by atoms with Crippen molar-refractivity contribution < 1.29 is 5.11 Å². The number of para-hydroxylation sites is 1. The van der Waals surface area contributed by atoms with Crippen molar-refractivity contribution in [3.8, 4) is 0 Å². The second-order valence-corrected chi connectivity index (χ2v) is 8.26. The highest BCUT2D eigenvalue weighted by Gasteiger charge is 2.10. The average molecular weight is 415 g/mol. The number of aromatic amines is 1. The molecule has 0 radical (unpaired) electrons. The molecule has 0 aliphatic rings. The Labute approximate surface area is 183 Å². The lowest BCUT2D eigenvalue weighted by Gasteiger charge is -2.13. The third-order valence-corrected chi connectivity index (χ3v) is 5.66. The maximum absolute atomic E-state index is 9.26. The molecule has 0 aliphatic heterocycles. The SMILES string of the molecule is Cc1cc(Nc2ccnc(CO)c2)ccc1NCCc1c[nH]c2c(C(C)C)cccc12. The minimum absolute atomic E-state index is 0.0629. The Morgan fingerprint density at radius 3 is 2.68 bits per heavy atom. The number of pyridine rings is 1. The van der Waals surface area contributed by atoms with Crippen LogP contribution in [0.4, 0.5) is 17.1 Å². The van der Waals surface area contributed by atoms with Crippen LogP contribution >= 0.6 is 0 Å². The number of benzene rings is 2. The zero-order valence-electron chi connectivity index (χ0n) is 18.4. The highest BCUT2D eigenvalue weighted by Crippen LogP contribution is 2.27. The Bertz CT molecular complexity index is 1180. The zero-order valence-corrected chi connectivity index (χ0v) is 18.4. The summed E-state index contributed by atoms with van der Waals surface area (Å²) in [6.07, 6.45) is 4.81. The van der Waals surface area contributed by atoms with Crippen molar-refractivity contribution in [2.24, 2.45) is 0 Å². The first-order chi connectivity index (χ1) is 15.0. The number of aromatic nitrogens is 2. The Morgan fingerprint density at radius 2 is 1.90 bits per heavy atom. The van der Waals surface area contributed by atoms with Crippen molar-refractivity contribution in [2.75, 3.05) is 17.2 Å². The number of hydrogen-bond donors (Lipinski definition) is 4. The van der Waals surface area contributed by atoms with E-state index < -0.39 is 0 Å². The zero-order chi connectivity index (χ0) is 21.8. The Hall–Kier alpha value is -3.31. The number of aliphatic hydroxyl groups is 1. The lowest BCUT2D eigenvalue weighted by atomic mass is 9.99. The van der Waals surface area contributed by atoms with Crippen LogP contribution in [0.3, 0.4) is 0 Å². The molecule has 160 valence electrons. The van der Waals surface area contributed by atoms with E-state index >= 15 is 0 Å². The summed E-state index contributed by atoms with van der Waals surface area (Å²) in [5.74, 6) is 0.505. The van der Waals surface area contributed by atoms with Gasteiger partial charge in [0.25, 0.3) is 0 Å². The van der Waals surface area contributed by atoms with Crippen LogP contribution in [-0.4, -0.2) is 21.6 Å². The summed E-state index contributed by atoms with van der Waals surface area (Å²) < 4.78 is 0. The van der Waals surface area contributed by atoms with Gasteiger partial charge in [-0.3, -0.25) is 4.98 Å². The van der Waals surface area contributed by atoms with E-state index in [4.69, 9.17) is 0 Å². The predicted octanol–water partition coefficient (Wildman–Crippen LogP) is 5.89. The number of aliphatic hydroxyl groups excluding tert-OH is 1. The molecule has 2 aromatic carbocycles. The maximum Gasteiger partial charge on any atom is 0.0853 e. The van der Waals surface area contributed by atoms with E-state index in [0.717, 1.165) is 30.0 Å². The second-order valence-electron chi connectivity index (χ2n) is 8.26. The molecule has 31 heavy (non-hydrogen) atoms. The van der Waals surface area contributed by atoms with Gasteiger partial charge in [0.05, 0.1) is 12.3 Å². The molecule has 0 aliphatic carbocycles. The van der Waals surface area contributed by atoms with Crippen LogP contribution in [-0.2, 0) is 13.0 Å². The molecule has 2 heterocycles. The first-order valence-corrected chi connectivity index (χ1v) is 10.8. The standard InChI is InChI=1S/C26H30N4O/c1-17(2)23-5-4-6-24-19(15-29-26(23)24)9-11-28-25-8-7-20(13-18(25)3)30-21-10-12-27-22(14-21)16-31/h4-8,10,12-15,17,28-29,31H,9,11,16H2,1-3H3,(H,27,30). The van der Waals surface area contributed by atoms with E-state index in [9.17, 15) is 5.11 Å². The second kappa shape index (κ2) is 9.23. The van der Waals surface area contributed by atoms with E-state index in [1.807, 2.05) is 12.1 Å². The van der Waals surface area contributed by atoms with E-state index in [0.29, 0.717) is 11.6 Å². The lowest BCUT2D eigenvalue weighted by molar-refractivity contribution is 0.277. The third-order valence-electron chi connectivity index (χ3n) is 5.66. The maximum atomic E-state index is 9.26. The van der Waals surface area contributed by atoms with Gasteiger partial charge in [0, 0.05) is 46.9 Å². The van der Waals surface area contributed by atoms with Gasteiger partial charge in [-0.15, -0.1) is 0 Å². The van der Waals surface area contributed by atoms with Gasteiger partial charge < -0.3 is 20.7 Å². The van der Waals surface area contributed by atoms with E-state index in [-0.39, 0.29) is 6.61 Å². The molecule has 5 heteroatoms. The molecule has 0 bridgehead atoms. The summed E-state index contributed by atoms with van der Waals surface area (Å²) in [6, 6.07) is 16.6. The van der Waals surface area contributed by atoms with Gasteiger partial charge in [-0.25, -0.2) is 0 Å². The number of hydrogen-bond acceptors (Lipinski definition) is 4. The van der Waals surface area contributed by atoms with Crippen LogP contribution in [0.1, 0.15) is 42.1 Å². The Kier molecular flexibility index (Phi) is 6.23. The number of aryl methyl sites for hydroxylation is 1. The largest absolute Gasteiger partial charge is 0.390 e. The van der Waals surface area contributed by atoms with Gasteiger partial charge in [0.2, 0.25) is 0 Å². The molecule has 0 amide bonds. The van der Waals surface area contributed by atoms with Crippen molar-refractivity contribution in [1.29, 1.82) is 0 Å². The summed E-state index contributed by atoms with van der Waals surface area (Å²) in [5, 5.41) is 17.5. The molecule has 0 fully saturated rings. The van der Waals surface area contributed by atoms with Crippen LogP contribution in [0.2, 0.25) is 0 Å². The average Bonchev–Trinajstić information content (AvgIpc) is 3.18. The summed E-state index contributed by atoms with van der Waals surface area (Å²) in [4.78, 5) is 7.60. The van der Waals surface area contributed by atoms with Crippen LogP contribution in [0.15, 0.2) is 60.9 Å². The summed E-state index contributed by atoms with van der Waals surface area (Å²) in [6.45, 7) is 7.39. The van der Waals surface area contributed by atoms with Crippen molar-refractivity contribution in [3.05, 3.63) is 83.3 Å². The predicted molar refractivity (Wildman–Crippen MR) is 129 cm³/mol. The fourth-order valence-electron chi connectivity index (χ4n) is 4.00. The molecular formula is C26H30N4O. The van der Waals surface area contributed by atoms with Gasteiger partial charge in [-0.2, -0.15) is 0 Å². The molecule has 2 aromatic heterocycles. The smallest absolute Gasteiger partial charge is 0.0853 e. The van der Waals surface area contributed by atoms with Crippen molar-refractivity contribution in [1.82, 2.24) is 9.97 Å². The van der Waals surface area contributed by atoms with Crippen LogP contribution in [0.25, 0.3) is 10.9 Å². The molecule has 4 rings (SSSR count). The first-order valence-electron chi connectivity index (χ1n) is 10.8. The lowest BCUT2D eigenvalue weighted by Crippen LogP contribution is -2.06. The fourth-order valence-corrected chi connectivity index (χ4v) is 4.00. The van der Waals surface area contributed by atoms with Crippen LogP contribution < -0.4 is 10.6 Å². The third kappa shape index (κ3) is 4.72. The van der Waals surface area contributed by atoms with Crippen molar-refractivity contribution in [2.45, 2.75) is 39.7 Å². The minimum atomic E-state index is -0.0629. The summed E-state index contributed by atoms with van der Waals surface area (Å²) in [5.41, 5.74) is 8.88. The number of anilines is 3. The van der Waals surface area contributed by atoms with E-state index in [2.05, 4.69) is 84.0 Å². The quantitative estimate of drug-likeness (QED) is 0.290. The first kappa shape index (κ1) is 20.9. The van der Waals surface area contributed by atoms with Gasteiger partial charge in [0.1, 0.15) is 0 Å². The van der Waals surface area contributed by atoms with Crippen LogP contribution in [0.5, 0.6) is 0 Å². The highest BCUT2D eigenvalue weighted by molar-refractivity contribution is 5.86. The van der Waals surface area contributed by atoms with Crippen molar-refractivity contribution >= 4 is 28.0 Å². The van der Waals surface area contributed by atoms with Crippen molar-refractivity contribution in [3.63, 3.8) is 0 Å². The number of H-pyrrole nitrogens is 1. The highest BCUT2D eigenvalue weighted by atomic mass is 16.3. The number of fused-ring (bicyclic) bond motifs is 1.